The molecule has 0 fully saturated rings. The highest BCUT2D eigenvalue weighted by molar-refractivity contribution is 5.70. The zero-order chi connectivity index (χ0) is 10.4. The molecule has 0 saturated heterocycles. The van der Waals surface area contributed by atoms with E-state index in [1.54, 1.807) is 6.92 Å². The number of rotatable bonds is 6. The van der Waals surface area contributed by atoms with Gasteiger partial charge in [0.2, 0.25) is 6.54 Å². The van der Waals surface area contributed by atoms with Crippen molar-refractivity contribution >= 4 is 5.97 Å². The molecule has 0 aliphatic carbocycles. The van der Waals surface area contributed by atoms with E-state index in [-0.39, 0.29) is 6.42 Å². The van der Waals surface area contributed by atoms with Crippen molar-refractivity contribution in [3.05, 3.63) is 10.1 Å². The Kier molecular flexibility index (Phi) is 4.94. The molecule has 0 aliphatic heterocycles. The van der Waals surface area contributed by atoms with Crippen LogP contribution in [-0.4, -0.2) is 29.2 Å². The second-order valence-corrected chi connectivity index (χ2v) is 2.78. The molecule has 0 heterocycles. The number of carbonyl (C=O) groups is 1. The van der Waals surface area contributed by atoms with Gasteiger partial charge in [0.15, 0.2) is 0 Å². The number of nitrogens with zero attached hydrogens (tertiary/aromatic N) is 1. The minimum atomic E-state index is -1.17. The third-order valence-electron chi connectivity index (χ3n) is 1.91. The lowest BCUT2D eigenvalue weighted by atomic mass is 9.91. The van der Waals surface area contributed by atoms with Crippen molar-refractivity contribution in [2.75, 3.05) is 13.2 Å². The van der Waals surface area contributed by atoms with Crippen molar-refractivity contribution in [2.45, 2.75) is 13.3 Å². The summed E-state index contributed by atoms with van der Waals surface area (Å²) in [5.74, 6) is -3.15. The lowest BCUT2D eigenvalue weighted by Crippen LogP contribution is -2.30. The van der Waals surface area contributed by atoms with Crippen molar-refractivity contribution in [2.24, 2.45) is 11.8 Å². The van der Waals surface area contributed by atoms with E-state index in [1.165, 1.54) is 0 Å². The van der Waals surface area contributed by atoms with Crippen molar-refractivity contribution in [1.82, 2.24) is 0 Å². The van der Waals surface area contributed by atoms with E-state index in [1.807, 2.05) is 0 Å². The Morgan fingerprint density at radius 2 is 2.23 bits per heavy atom. The number of hydrogen-bond donors (Lipinski definition) is 1. The van der Waals surface area contributed by atoms with E-state index in [0.29, 0.717) is 0 Å². The standard InChI is InChI=1S/C7H12FNO4/c1-2-6(7(10)11)5(3-8)4-9(12)13/h5-6H,2-4H2,1H3,(H,10,11). The third-order valence-corrected chi connectivity index (χ3v) is 1.91. The second-order valence-electron chi connectivity index (χ2n) is 2.78. The highest BCUT2D eigenvalue weighted by Gasteiger charge is 2.30. The van der Waals surface area contributed by atoms with Crippen molar-refractivity contribution in [1.29, 1.82) is 0 Å². The van der Waals surface area contributed by atoms with Gasteiger partial charge in [-0.15, -0.1) is 0 Å². The summed E-state index contributed by atoms with van der Waals surface area (Å²) in [5, 5.41) is 18.7. The summed E-state index contributed by atoms with van der Waals surface area (Å²) in [6, 6.07) is 0. The zero-order valence-electron chi connectivity index (χ0n) is 7.27. The Labute approximate surface area is 74.7 Å². The molecule has 0 saturated carbocycles. The number of nitro groups is 1. The minimum absolute atomic E-state index is 0.206. The van der Waals surface area contributed by atoms with Crippen LogP contribution in [0.5, 0.6) is 0 Å². The molecular formula is C7H12FNO4. The van der Waals surface area contributed by atoms with E-state index < -0.39 is 35.9 Å². The monoisotopic (exact) mass is 193 g/mol. The molecule has 13 heavy (non-hydrogen) atoms. The molecule has 0 aromatic rings. The maximum absolute atomic E-state index is 12.2. The van der Waals surface area contributed by atoms with Gasteiger partial charge in [0.25, 0.3) is 0 Å². The van der Waals surface area contributed by atoms with Crippen LogP contribution in [0, 0.1) is 22.0 Å². The number of alkyl halides is 1. The zero-order valence-corrected chi connectivity index (χ0v) is 7.27. The summed E-state index contributed by atoms with van der Waals surface area (Å²) in [7, 11) is 0. The van der Waals surface area contributed by atoms with E-state index >= 15 is 0 Å². The molecule has 0 radical (unpaired) electrons. The fourth-order valence-corrected chi connectivity index (χ4v) is 1.18. The van der Waals surface area contributed by atoms with Gasteiger partial charge in [-0.2, -0.15) is 0 Å². The quantitative estimate of drug-likeness (QED) is 0.503. The Morgan fingerprint density at radius 3 is 2.46 bits per heavy atom. The lowest BCUT2D eigenvalue weighted by Gasteiger charge is -2.15. The summed E-state index contributed by atoms with van der Waals surface area (Å²) >= 11 is 0. The molecule has 0 aliphatic rings. The topological polar surface area (TPSA) is 80.4 Å². The number of halogens is 1. The molecule has 6 heteroatoms. The van der Waals surface area contributed by atoms with Gasteiger partial charge in [-0.3, -0.25) is 19.3 Å². The lowest BCUT2D eigenvalue weighted by molar-refractivity contribution is -0.489. The third kappa shape index (κ3) is 3.82. The first-order valence-corrected chi connectivity index (χ1v) is 3.93. The van der Waals surface area contributed by atoms with Crippen LogP contribution in [0.1, 0.15) is 13.3 Å². The summed E-state index contributed by atoms with van der Waals surface area (Å²) in [5.41, 5.74) is 0. The average molecular weight is 193 g/mol. The normalized spacial score (nSPS) is 14.9. The largest absolute Gasteiger partial charge is 0.481 e. The fourth-order valence-electron chi connectivity index (χ4n) is 1.18. The van der Waals surface area contributed by atoms with Crippen LogP contribution in [0.4, 0.5) is 4.39 Å². The summed E-state index contributed by atoms with van der Waals surface area (Å²) < 4.78 is 12.2. The molecule has 0 rings (SSSR count). The van der Waals surface area contributed by atoms with Gasteiger partial charge in [0.05, 0.1) is 18.5 Å². The predicted molar refractivity (Wildman–Crippen MR) is 42.7 cm³/mol. The van der Waals surface area contributed by atoms with Gasteiger partial charge in [-0.05, 0) is 6.42 Å². The van der Waals surface area contributed by atoms with Gasteiger partial charge in [-0.1, -0.05) is 6.92 Å². The highest BCUT2D eigenvalue weighted by Crippen LogP contribution is 2.17. The van der Waals surface area contributed by atoms with Gasteiger partial charge >= 0.3 is 5.97 Å². The molecule has 0 bridgehead atoms. The molecule has 1 N–H and O–H groups in total. The van der Waals surface area contributed by atoms with Crippen LogP contribution in [0.25, 0.3) is 0 Å². The Morgan fingerprint density at radius 1 is 1.69 bits per heavy atom. The molecular weight excluding hydrogens is 181 g/mol. The highest BCUT2D eigenvalue weighted by atomic mass is 19.1. The van der Waals surface area contributed by atoms with Gasteiger partial charge in [-0.25, -0.2) is 0 Å². The van der Waals surface area contributed by atoms with Gasteiger partial charge in [0.1, 0.15) is 0 Å². The maximum atomic E-state index is 12.2. The number of carboxylic acid groups (broad SMARTS) is 1. The van der Waals surface area contributed by atoms with E-state index in [4.69, 9.17) is 5.11 Å². The number of carboxylic acids is 1. The first-order chi connectivity index (χ1) is 6.02. The van der Waals surface area contributed by atoms with Crippen LogP contribution >= 0.6 is 0 Å². The average Bonchev–Trinajstić information content (AvgIpc) is 2.02. The smallest absolute Gasteiger partial charge is 0.307 e. The Balaban J connectivity index is 4.33. The SMILES string of the molecule is CCC(C(=O)O)C(CF)C[N+](=O)[O-]. The van der Waals surface area contributed by atoms with Crippen LogP contribution in [-0.2, 0) is 4.79 Å². The van der Waals surface area contributed by atoms with E-state index in [0.717, 1.165) is 0 Å². The fraction of sp³-hybridized carbons (Fsp3) is 0.857. The molecule has 0 amide bonds. The maximum Gasteiger partial charge on any atom is 0.307 e. The Bertz CT molecular complexity index is 197. The minimum Gasteiger partial charge on any atom is -0.481 e. The molecule has 2 unspecified atom stereocenters. The number of hydrogen-bond acceptors (Lipinski definition) is 3. The van der Waals surface area contributed by atoms with Crippen LogP contribution in [0.3, 0.4) is 0 Å². The first-order valence-electron chi connectivity index (χ1n) is 3.93. The van der Waals surface area contributed by atoms with Crippen molar-refractivity contribution in [3.63, 3.8) is 0 Å². The van der Waals surface area contributed by atoms with E-state index in [2.05, 4.69) is 0 Å². The molecule has 5 nitrogen and oxygen atoms in total. The molecule has 0 aromatic carbocycles. The van der Waals surface area contributed by atoms with Crippen molar-refractivity contribution < 1.29 is 19.2 Å². The molecule has 0 aromatic heterocycles. The van der Waals surface area contributed by atoms with Crippen LogP contribution in [0.15, 0.2) is 0 Å². The molecule has 0 spiro atoms. The summed E-state index contributed by atoms with van der Waals surface area (Å²) in [6.45, 7) is -0.0194. The van der Waals surface area contributed by atoms with E-state index in [9.17, 15) is 19.3 Å². The van der Waals surface area contributed by atoms with Gasteiger partial charge in [0, 0.05) is 4.92 Å². The van der Waals surface area contributed by atoms with Crippen LogP contribution in [0.2, 0.25) is 0 Å². The first kappa shape index (κ1) is 11.8. The summed E-state index contributed by atoms with van der Waals surface area (Å²) in [4.78, 5) is 19.9. The summed E-state index contributed by atoms with van der Waals surface area (Å²) in [6.07, 6.45) is 0.206. The Hall–Kier alpha value is -1.20. The molecule has 76 valence electrons. The van der Waals surface area contributed by atoms with Crippen molar-refractivity contribution in [3.8, 4) is 0 Å². The second kappa shape index (κ2) is 5.45. The number of aliphatic carboxylic acids is 1. The van der Waals surface area contributed by atoms with Gasteiger partial charge < -0.3 is 5.11 Å². The molecule has 2 atom stereocenters. The van der Waals surface area contributed by atoms with Crippen LogP contribution < -0.4 is 0 Å². The predicted octanol–water partition coefficient (Wildman–Crippen LogP) is 0.960.